The van der Waals surface area contributed by atoms with Gasteiger partial charge in [0, 0.05) is 17.3 Å². The number of nitrogens with two attached hydrogens (primary N) is 1. The van der Waals surface area contributed by atoms with E-state index in [4.69, 9.17) is 37.8 Å². The van der Waals surface area contributed by atoms with E-state index >= 15 is 0 Å². The Kier molecular flexibility index (Phi) is 5.91. The van der Waals surface area contributed by atoms with E-state index in [1.54, 1.807) is 60.7 Å². The minimum absolute atomic E-state index is 0.118. The molecule has 3 heterocycles. The molecule has 180 valence electrons. The predicted octanol–water partition coefficient (Wildman–Crippen LogP) is 5.69. The van der Waals surface area contributed by atoms with Gasteiger partial charge in [0.15, 0.2) is 5.69 Å². The van der Waals surface area contributed by atoms with Crippen LogP contribution in [0.3, 0.4) is 0 Å². The number of benzene rings is 2. The molecule has 0 saturated heterocycles. The summed E-state index contributed by atoms with van der Waals surface area (Å²) < 4.78 is 12.9. The van der Waals surface area contributed by atoms with E-state index in [9.17, 15) is 14.7 Å². The van der Waals surface area contributed by atoms with Gasteiger partial charge in [-0.05, 0) is 60.2 Å². The van der Waals surface area contributed by atoms with Crippen LogP contribution in [0.5, 0.6) is 0 Å². The number of carboxylic acid groups (broad SMARTS) is 1. The van der Waals surface area contributed by atoms with E-state index in [-0.39, 0.29) is 11.5 Å². The summed E-state index contributed by atoms with van der Waals surface area (Å²) in [5, 5.41) is 14.3. The van der Waals surface area contributed by atoms with Gasteiger partial charge in [-0.1, -0.05) is 41.4 Å². The molecule has 0 aliphatic carbocycles. The van der Waals surface area contributed by atoms with Crippen LogP contribution in [-0.2, 0) is 10.3 Å². The molecule has 0 fully saturated rings. The standard InChI is InChI=1S/C26H17Cl2N3O5/c27-18-7-6-16(14-19(18)28)22-8-9-23(36-22)26(25(29)34,31-11-10-20(30-31)24(32)33)17-4-1-3-15(13-17)21-5-2-12-35-21/h1-14H,(H2,29,34)(H,32,33). The van der Waals surface area contributed by atoms with Gasteiger partial charge in [-0.25, -0.2) is 9.48 Å². The second kappa shape index (κ2) is 9.07. The molecule has 0 spiro atoms. The first-order chi connectivity index (χ1) is 17.3. The quantitative estimate of drug-likeness (QED) is 0.283. The van der Waals surface area contributed by atoms with Crippen LogP contribution in [0.15, 0.2) is 94.1 Å². The molecule has 8 nitrogen and oxygen atoms in total. The zero-order valence-electron chi connectivity index (χ0n) is 18.4. The van der Waals surface area contributed by atoms with Gasteiger partial charge < -0.3 is 19.7 Å². The summed E-state index contributed by atoms with van der Waals surface area (Å²) in [6.45, 7) is 0. The van der Waals surface area contributed by atoms with Gasteiger partial charge in [-0.2, -0.15) is 5.10 Å². The number of rotatable bonds is 7. The number of amides is 1. The summed E-state index contributed by atoms with van der Waals surface area (Å²) in [5.74, 6) is -1.02. The maximum absolute atomic E-state index is 13.3. The molecule has 0 radical (unpaired) electrons. The lowest BCUT2D eigenvalue weighted by atomic mass is 9.85. The number of furan rings is 2. The molecule has 1 unspecified atom stereocenters. The molecule has 3 N–H and O–H groups in total. The third-order valence-corrected chi connectivity index (χ3v) is 6.50. The Morgan fingerprint density at radius 1 is 0.917 bits per heavy atom. The molecular weight excluding hydrogens is 505 g/mol. The molecule has 0 bridgehead atoms. The van der Waals surface area contributed by atoms with Crippen molar-refractivity contribution in [2.75, 3.05) is 0 Å². The molecule has 1 amide bonds. The predicted molar refractivity (Wildman–Crippen MR) is 133 cm³/mol. The van der Waals surface area contributed by atoms with Crippen LogP contribution in [0, 0.1) is 0 Å². The fourth-order valence-corrected chi connectivity index (χ4v) is 4.36. The van der Waals surface area contributed by atoms with E-state index in [1.165, 1.54) is 23.2 Å². The Morgan fingerprint density at radius 3 is 2.39 bits per heavy atom. The van der Waals surface area contributed by atoms with Gasteiger partial charge >= 0.3 is 5.97 Å². The fourth-order valence-electron chi connectivity index (χ4n) is 4.07. The van der Waals surface area contributed by atoms with Crippen LogP contribution in [0.25, 0.3) is 22.6 Å². The molecule has 10 heteroatoms. The minimum atomic E-state index is -1.83. The minimum Gasteiger partial charge on any atom is -0.476 e. The Hall–Kier alpha value is -4.27. The number of nitrogens with zero attached hydrogens (tertiary/aromatic N) is 2. The van der Waals surface area contributed by atoms with Crippen LogP contribution in [0.4, 0.5) is 0 Å². The van der Waals surface area contributed by atoms with Crippen molar-refractivity contribution in [2.24, 2.45) is 5.73 Å². The number of hydrogen-bond acceptors (Lipinski definition) is 5. The van der Waals surface area contributed by atoms with Crippen molar-refractivity contribution in [3.63, 3.8) is 0 Å². The van der Waals surface area contributed by atoms with E-state index in [0.717, 1.165) is 0 Å². The molecular formula is C26H17Cl2N3O5. The first kappa shape index (κ1) is 23.5. The van der Waals surface area contributed by atoms with Crippen LogP contribution in [-0.4, -0.2) is 26.8 Å². The van der Waals surface area contributed by atoms with Gasteiger partial charge in [0.2, 0.25) is 5.54 Å². The molecule has 5 aromatic rings. The summed E-state index contributed by atoms with van der Waals surface area (Å²) in [6.07, 6.45) is 2.90. The van der Waals surface area contributed by atoms with Crippen LogP contribution in [0.2, 0.25) is 10.0 Å². The normalized spacial score (nSPS) is 12.8. The number of primary amides is 1. The molecule has 36 heavy (non-hydrogen) atoms. The maximum Gasteiger partial charge on any atom is 0.356 e. The maximum atomic E-state index is 13.3. The summed E-state index contributed by atoms with van der Waals surface area (Å²) in [4.78, 5) is 24.9. The largest absolute Gasteiger partial charge is 0.476 e. The SMILES string of the molecule is NC(=O)C(c1cccc(-c2ccco2)c1)(c1ccc(-c2ccc(Cl)c(Cl)c2)o1)n1ccc(C(=O)O)n1. The lowest BCUT2D eigenvalue weighted by Crippen LogP contribution is -2.48. The second-order valence-electron chi connectivity index (χ2n) is 7.88. The molecule has 5 rings (SSSR count). The fraction of sp³-hybridized carbons (Fsp3) is 0.0385. The Balaban J connectivity index is 1.75. The first-order valence-electron chi connectivity index (χ1n) is 10.6. The van der Waals surface area contributed by atoms with Gasteiger partial charge in [0.1, 0.15) is 17.3 Å². The molecule has 0 aliphatic heterocycles. The summed E-state index contributed by atoms with van der Waals surface area (Å²) in [5.41, 5.74) is 5.63. The van der Waals surface area contributed by atoms with E-state index < -0.39 is 17.4 Å². The number of hydrogen-bond donors (Lipinski definition) is 2. The van der Waals surface area contributed by atoms with Crippen molar-refractivity contribution in [3.05, 3.63) is 112 Å². The summed E-state index contributed by atoms with van der Waals surface area (Å²) >= 11 is 12.2. The lowest BCUT2D eigenvalue weighted by Gasteiger charge is -2.30. The smallest absolute Gasteiger partial charge is 0.356 e. The van der Waals surface area contributed by atoms with Crippen molar-refractivity contribution < 1.29 is 23.5 Å². The van der Waals surface area contributed by atoms with Gasteiger partial charge in [-0.15, -0.1) is 0 Å². The van der Waals surface area contributed by atoms with Gasteiger partial charge in [0.25, 0.3) is 5.91 Å². The zero-order valence-corrected chi connectivity index (χ0v) is 19.9. The Bertz CT molecular complexity index is 1590. The average Bonchev–Trinajstić information content (AvgIpc) is 3.64. The average molecular weight is 522 g/mol. The van der Waals surface area contributed by atoms with E-state index in [0.29, 0.717) is 38.3 Å². The molecule has 0 aliphatic rings. The van der Waals surface area contributed by atoms with Crippen molar-refractivity contribution >= 4 is 35.1 Å². The van der Waals surface area contributed by atoms with Crippen LogP contribution in [0.1, 0.15) is 21.8 Å². The van der Waals surface area contributed by atoms with Crippen molar-refractivity contribution in [1.29, 1.82) is 0 Å². The zero-order chi connectivity index (χ0) is 25.4. The van der Waals surface area contributed by atoms with Crippen molar-refractivity contribution in [3.8, 4) is 22.6 Å². The number of carboxylic acids is 1. The van der Waals surface area contributed by atoms with E-state index in [1.807, 2.05) is 6.07 Å². The molecule has 3 aromatic heterocycles. The Morgan fingerprint density at radius 2 is 1.72 bits per heavy atom. The number of halogens is 2. The molecule has 0 saturated carbocycles. The third-order valence-electron chi connectivity index (χ3n) is 5.76. The second-order valence-corrected chi connectivity index (χ2v) is 8.69. The van der Waals surface area contributed by atoms with Crippen molar-refractivity contribution in [2.45, 2.75) is 5.54 Å². The number of carbonyl (C=O) groups excluding carboxylic acids is 1. The molecule has 1 atom stereocenters. The highest BCUT2D eigenvalue weighted by Gasteiger charge is 2.47. The number of aromatic carboxylic acids is 1. The van der Waals surface area contributed by atoms with Gasteiger partial charge in [-0.3, -0.25) is 4.79 Å². The third kappa shape index (κ3) is 3.86. The highest BCUT2D eigenvalue weighted by molar-refractivity contribution is 6.42. The lowest BCUT2D eigenvalue weighted by molar-refractivity contribution is -0.124. The van der Waals surface area contributed by atoms with Crippen LogP contribution >= 0.6 is 23.2 Å². The van der Waals surface area contributed by atoms with Crippen LogP contribution < -0.4 is 5.73 Å². The van der Waals surface area contributed by atoms with Crippen molar-refractivity contribution in [1.82, 2.24) is 9.78 Å². The highest BCUT2D eigenvalue weighted by Crippen LogP contribution is 2.39. The van der Waals surface area contributed by atoms with E-state index in [2.05, 4.69) is 5.10 Å². The van der Waals surface area contributed by atoms with Gasteiger partial charge in [0.05, 0.1) is 16.3 Å². The number of aromatic nitrogens is 2. The summed E-state index contributed by atoms with van der Waals surface area (Å²) in [6, 6.07) is 20.0. The Labute approximate surface area is 214 Å². The molecule has 2 aromatic carbocycles. The highest BCUT2D eigenvalue weighted by atomic mass is 35.5. The number of carbonyl (C=O) groups is 2. The first-order valence-corrected chi connectivity index (χ1v) is 11.4. The summed E-state index contributed by atoms with van der Waals surface area (Å²) in [7, 11) is 0. The topological polar surface area (TPSA) is 124 Å². The monoisotopic (exact) mass is 521 g/mol.